The number of nitrogen functional groups attached to an aromatic ring is 1. The van der Waals surface area contributed by atoms with Crippen LogP contribution in [0.3, 0.4) is 0 Å². The number of aromatic nitrogens is 4. The van der Waals surface area contributed by atoms with Gasteiger partial charge in [-0.15, -0.1) is 0 Å². The fourth-order valence-electron chi connectivity index (χ4n) is 1.58. The molecule has 0 saturated carbocycles. The summed E-state index contributed by atoms with van der Waals surface area (Å²) < 4.78 is 31.5. The number of alkyl halides is 2. The molecular formula is C9H11F2N5O3. The summed E-state index contributed by atoms with van der Waals surface area (Å²) in [6.45, 7) is -0.695. The minimum Gasteiger partial charge on any atom is -0.394 e. The third-order valence-corrected chi connectivity index (χ3v) is 2.32. The third kappa shape index (κ3) is 2.53. The summed E-state index contributed by atoms with van der Waals surface area (Å²) in [6.07, 6.45) is -3.57. The summed E-state index contributed by atoms with van der Waals surface area (Å²) in [4.78, 5) is 21.2. The van der Waals surface area contributed by atoms with E-state index in [0.29, 0.717) is 0 Å². The molecule has 0 radical (unpaired) electrons. The third-order valence-electron chi connectivity index (χ3n) is 2.32. The van der Waals surface area contributed by atoms with Crippen LogP contribution >= 0.6 is 0 Å². The molecule has 0 aliphatic rings. The molecule has 1 unspecified atom stereocenters. The highest BCUT2D eigenvalue weighted by Crippen LogP contribution is 2.21. The predicted molar refractivity (Wildman–Crippen MR) is 60.6 cm³/mol. The van der Waals surface area contributed by atoms with Crippen LogP contribution in [0.15, 0.2) is 11.1 Å². The van der Waals surface area contributed by atoms with Gasteiger partial charge in [-0.1, -0.05) is 0 Å². The molecule has 104 valence electrons. The Morgan fingerprint density at radius 2 is 2.32 bits per heavy atom. The number of anilines is 1. The van der Waals surface area contributed by atoms with Crippen molar-refractivity contribution in [2.24, 2.45) is 0 Å². The summed E-state index contributed by atoms with van der Waals surface area (Å²) in [5.74, 6) is -0.213. The Hall–Kier alpha value is -2.07. The number of rotatable bonds is 5. The van der Waals surface area contributed by atoms with Gasteiger partial charge in [0.15, 0.2) is 17.4 Å². The molecule has 0 saturated heterocycles. The van der Waals surface area contributed by atoms with Crippen molar-refractivity contribution in [3.8, 4) is 0 Å². The van der Waals surface area contributed by atoms with Gasteiger partial charge in [0.2, 0.25) is 5.95 Å². The SMILES string of the molecule is Nc1nc2c(ncn2C(OCCO)C(F)F)c(=O)[nH]1. The van der Waals surface area contributed by atoms with Gasteiger partial charge < -0.3 is 15.6 Å². The topological polar surface area (TPSA) is 119 Å². The van der Waals surface area contributed by atoms with Crippen molar-refractivity contribution in [2.75, 3.05) is 18.9 Å². The van der Waals surface area contributed by atoms with Crippen molar-refractivity contribution in [2.45, 2.75) is 12.7 Å². The van der Waals surface area contributed by atoms with Gasteiger partial charge in [0.25, 0.3) is 12.0 Å². The van der Waals surface area contributed by atoms with Crippen LogP contribution in [-0.4, -0.2) is 44.3 Å². The van der Waals surface area contributed by atoms with E-state index in [9.17, 15) is 13.6 Å². The van der Waals surface area contributed by atoms with Crippen molar-refractivity contribution in [3.05, 3.63) is 16.7 Å². The van der Waals surface area contributed by atoms with E-state index in [0.717, 1.165) is 10.9 Å². The normalized spacial score (nSPS) is 13.3. The standard InChI is InChI=1S/C9H11F2N5O3/c10-5(11)8(19-2-1-17)16-3-13-4-6(16)14-9(12)15-7(4)18/h3,5,8,17H,1-2H2,(H3,12,14,15,18). The fraction of sp³-hybridized carbons (Fsp3) is 0.444. The van der Waals surface area contributed by atoms with Crippen LogP contribution in [0.25, 0.3) is 11.2 Å². The highest BCUT2D eigenvalue weighted by molar-refractivity contribution is 5.70. The Morgan fingerprint density at radius 3 is 2.95 bits per heavy atom. The van der Waals surface area contributed by atoms with E-state index in [2.05, 4.69) is 15.0 Å². The molecule has 2 heterocycles. The lowest BCUT2D eigenvalue weighted by atomic mass is 10.5. The molecule has 8 nitrogen and oxygen atoms in total. The number of aliphatic hydroxyl groups excluding tert-OH is 1. The van der Waals surface area contributed by atoms with Gasteiger partial charge in [-0.3, -0.25) is 14.3 Å². The highest BCUT2D eigenvalue weighted by atomic mass is 19.3. The first-order chi connectivity index (χ1) is 9.04. The van der Waals surface area contributed by atoms with Gasteiger partial charge in [-0.05, 0) is 0 Å². The number of ether oxygens (including phenoxy) is 1. The van der Waals surface area contributed by atoms with E-state index < -0.39 is 24.8 Å². The molecule has 0 fully saturated rings. The highest BCUT2D eigenvalue weighted by Gasteiger charge is 2.26. The second kappa shape index (κ2) is 5.28. The Balaban J connectivity index is 2.51. The number of hydrogen-bond donors (Lipinski definition) is 3. The molecule has 10 heteroatoms. The number of aromatic amines is 1. The Labute approximate surface area is 104 Å². The maximum atomic E-state index is 12.9. The Bertz CT molecular complexity index is 626. The van der Waals surface area contributed by atoms with Gasteiger partial charge in [0.05, 0.1) is 19.5 Å². The molecule has 2 aromatic heterocycles. The fourth-order valence-corrected chi connectivity index (χ4v) is 1.58. The number of nitrogens with two attached hydrogens (primary N) is 1. The molecule has 0 amide bonds. The average molecular weight is 275 g/mol. The molecule has 4 N–H and O–H groups in total. The quantitative estimate of drug-likeness (QED) is 0.675. The number of nitrogens with one attached hydrogen (secondary N) is 1. The van der Waals surface area contributed by atoms with Crippen LogP contribution in [-0.2, 0) is 4.74 Å². The number of halogens is 2. The lowest BCUT2D eigenvalue weighted by Gasteiger charge is -2.18. The van der Waals surface area contributed by atoms with Crippen molar-refractivity contribution in [1.29, 1.82) is 0 Å². The van der Waals surface area contributed by atoms with Crippen molar-refractivity contribution >= 4 is 17.1 Å². The molecule has 0 aromatic carbocycles. The molecule has 0 aliphatic carbocycles. The summed E-state index contributed by atoms with van der Waals surface area (Å²) in [5, 5.41) is 8.61. The molecule has 2 aromatic rings. The van der Waals surface area contributed by atoms with Gasteiger partial charge in [0.1, 0.15) is 0 Å². The Morgan fingerprint density at radius 1 is 1.58 bits per heavy atom. The van der Waals surface area contributed by atoms with Crippen LogP contribution in [0.4, 0.5) is 14.7 Å². The zero-order valence-corrected chi connectivity index (χ0v) is 9.58. The van der Waals surface area contributed by atoms with Crippen LogP contribution in [0.1, 0.15) is 6.23 Å². The first kappa shape index (κ1) is 13.4. The van der Waals surface area contributed by atoms with E-state index in [4.69, 9.17) is 15.6 Å². The second-order valence-electron chi connectivity index (χ2n) is 3.59. The van der Waals surface area contributed by atoms with Gasteiger partial charge in [-0.25, -0.2) is 13.8 Å². The first-order valence-electron chi connectivity index (χ1n) is 5.27. The monoisotopic (exact) mass is 275 g/mol. The Kier molecular flexibility index (Phi) is 3.71. The van der Waals surface area contributed by atoms with E-state index in [1.54, 1.807) is 0 Å². The van der Waals surface area contributed by atoms with Crippen LogP contribution in [0.2, 0.25) is 0 Å². The first-order valence-corrected chi connectivity index (χ1v) is 5.27. The lowest BCUT2D eigenvalue weighted by molar-refractivity contribution is -0.104. The summed E-state index contributed by atoms with van der Waals surface area (Å²) >= 11 is 0. The van der Waals surface area contributed by atoms with Crippen LogP contribution < -0.4 is 11.3 Å². The van der Waals surface area contributed by atoms with E-state index in [1.807, 2.05) is 0 Å². The maximum Gasteiger partial charge on any atom is 0.283 e. The summed E-state index contributed by atoms with van der Waals surface area (Å²) in [7, 11) is 0. The zero-order chi connectivity index (χ0) is 14.0. The van der Waals surface area contributed by atoms with Gasteiger partial charge in [-0.2, -0.15) is 4.98 Å². The van der Waals surface area contributed by atoms with E-state index >= 15 is 0 Å². The number of H-pyrrole nitrogens is 1. The summed E-state index contributed by atoms with van der Waals surface area (Å²) in [5.41, 5.74) is 4.50. The molecule has 1 atom stereocenters. The minimum atomic E-state index is -2.88. The largest absolute Gasteiger partial charge is 0.394 e. The van der Waals surface area contributed by atoms with Crippen molar-refractivity contribution < 1.29 is 18.6 Å². The number of imidazole rings is 1. The zero-order valence-electron chi connectivity index (χ0n) is 9.58. The lowest BCUT2D eigenvalue weighted by Crippen LogP contribution is -2.22. The van der Waals surface area contributed by atoms with E-state index in [1.165, 1.54) is 0 Å². The number of nitrogens with zero attached hydrogens (tertiary/aromatic N) is 3. The molecule has 19 heavy (non-hydrogen) atoms. The van der Waals surface area contributed by atoms with Gasteiger partial charge in [0, 0.05) is 0 Å². The minimum absolute atomic E-state index is 0.107. The predicted octanol–water partition coefficient (Wildman–Crippen LogP) is -0.526. The van der Waals surface area contributed by atoms with E-state index in [-0.39, 0.29) is 23.7 Å². The second-order valence-corrected chi connectivity index (χ2v) is 3.59. The summed E-state index contributed by atoms with van der Waals surface area (Å²) in [6, 6.07) is 0. The molecule has 0 bridgehead atoms. The van der Waals surface area contributed by atoms with Crippen molar-refractivity contribution in [3.63, 3.8) is 0 Å². The molecule has 0 aliphatic heterocycles. The average Bonchev–Trinajstić information content (AvgIpc) is 2.73. The molecular weight excluding hydrogens is 264 g/mol. The maximum absolute atomic E-state index is 12.9. The van der Waals surface area contributed by atoms with Crippen LogP contribution in [0.5, 0.6) is 0 Å². The van der Waals surface area contributed by atoms with Crippen LogP contribution in [0, 0.1) is 0 Å². The number of fused-ring (bicyclic) bond motifs is 1. The van der Waals surface area contributed by atoms with Crippen molar-refractivity contribution in [1.82, 2.24) is 19.5 Å². The molecule has 2 rings (SSSR count). The van der Waals surface area contributed by atoms with Gasteiger partial charge >= 0.3 is 0 Å². The number of aliphatic hydroxyl groups is 1. The molecule has 0 spiro atoms. The smallest absolute Gasteiger partial charge is 0.283 e. The number of hydrogen-bond acceptors (Lipinski definition) is 6.